The van der Waals surface area contributed by atoms with Gasteiger partial charge in [-0.2, -0.15) is 0 Å². The summed E-state index contributed by atoms with van der Waals surface area (Å²) in [5, 5.41) is 0. The molecule has 24 bridgehead atoms. The van der Waals surface area contributed by atoms with E-state index in [9.17, 15) is 0 Å². The van der Waals surface area contributed by atoms with Crippen molar-refractivity contribution in [1.82, 2.24) is 0 Å². The zero-order valence-electron chi connectivity index (χ0n) is 67.7. The lowest BCUT2D eigenvalue weighted by Crippen LogP contribution is -2.56. The van der Waals surface area contributed by atoms with Crippen molar-refractivity contribution in [3.8, 4) is 175 Å². The van der Waals surface area contributed by atoms with Gasteiger partial charge in [0, 0.05) is 0 Å². The Morgan fingerprint density at radius 3 is 0.447 bits per heavy atom. The van der Waals surface area contributed by atoms with E-state index < -0.39 is 0 Å². The summed E-state index contributed by atoms with van der Waals surface area (Å²) >= 11 is 0. The van der Waals surface area contributed by atoms with Crippen molar-refractivity contribution < 1.29 is 85.3 Å². The van der Waals surface area contributed by atoms with E-state index >= 15 is 0 Å². The molecule has 0 amide bonds. The molecule has 0 saturated heterocycles. The number of benzene rings is 6. The molecule has 18 nitrogen and oxygen atoms in total. The van der Waals surface area contributed by atoms with Crippen molar-refractivity contribution in [2.75, 3.05) is 125 Å². The Labute approximate surface area is 671 Å². The molecule has 6 aromatic carbocycles. The minimum absolute atomic E-state index is 0.0483. The molecular formula is C96H102O18. The van der Waals surface area contributed by atoms with Gasteiger partial charge in [-0.05, 0) is 361 Å². The summed E-state index contributed by atoms with van der Waals surface area (Å²) in [6.07, 6.45) is 19.2. The van der Waals surface area contributed by atoms with Gasteiger partial charge in [-0.3, -0.25) is 0 Å². The predicted octanol–water partition coefficient (Wildman–Crippen LogP) is 15.9. The van der Waals surface area contributed by atoms with Gasteiger partial charge >= 0.3 is 0 Å². The third-order valence-electron chi connectivity index (χ3n) is 27.1. The molecule has 10 heterocycles. The van der Waals surface area contributed by atoms with Crippen LogP contribution in [0.5, 0.6) is 103 Å². The highest BCUT2D eigenvalue weighted by atomic mass is 16.6. The van der Waals surface area contributed by atoms with Gasteiger partial charge in [0.05, 0.1) is 85.3 Å². The predicted molar refractivity (Wildman–Crippen MR) is 431 cm³/mol. The van der Waals surface area contributed by atoms with Gasteiger partial charge in [0.15, 0.2) is 69.0 Å². The van der Waals surface area contributed by atoms with Gasteiger partial charge in [-0.1, -0.05) is 0 Å². The Bertz CT molecular complexity index is 4110. The van der Waals surface area contributed by atoms with E-state index in [2.05, 4.69) is 144 Å². The van der Waals surface area contributed by atoms with Crippen LogP contribution in [0.25, 0.3) is 0 Å². The number of methoxy groups -OCH3 is 12. The molecule has 28 rings (SSSR count). The largest absolute Gasteiger partial charge is 0.493 e. The van der Waals surface area contributed by atoms with Gasteiger partial charge in [0.25, 0.3) is 0 Å². The van der Waals surface area contributed by atoms with Crippen LogP contribution in [0.15, 0.2) is 72.8 Å². The fourth-order valence-electron chi connectivity index (χ4n) is 23.9. The quantitative estimate of drug-likeness (QED) is 0.106. The van der Waals surface area contributed by atoms with Crippen molar-refractivity contribution in [3.05, 3.63) is 106 Å². The summed E-state index contributed by atoms with van der Waals surface area (Å²) < 4.78 is 112. The summed E-state index contributed by atoms with van der Waals surface area (Å²) in [5.74, 6) is 49.2. The molecule has 114 heavy (non-hydrogen) atoms. The average Bonchev–Trinajstić information content (AvgIpc) is 0.711. The number of hydrogen-bond donors (Lipinski definition) is 0. The van der Waals surface area contributed by atoms with E-state index in [0.717, 1.165) is 96.3 Å². The maximum absolute atomic E-state index is 6.38. The fourth-order valence-corrected chi connectivity index (χ4v) is 23.9. The summed E-state index contributed by atoms with van der Waals surface area (Å²) in [6.45, 7) is 0.290. The average molecular weight is 1540 g/mol. The van der Waals surface area contributed by atoms with E-state index in [1.807, 2.05) is 0 Å². The second-order valence-electron chi connectivity index (χ2n) is 33.4. The lowest BCUT2D eigenvalue weighted by molar-refractivity contribution is -0.0286. The van der Waals surface area contributed by atoms with Gasteiger partial charge in [-0.15, -0.1) is 0 Å². The van der Waals surface area contributed by atoms with Crippen LogP contribution in [0, 0.1) is 107 Å². The SMILES string of the molecule is COc1cc2cc(OC)c1OCC#CC#CCOc1c(OC)cc(cc1OC)C13CC4CC(C1)CC(C4)(C3)c1cc(OC)c(c(OC)c1)OCC#CC#CCOc1c(OC)cc(cc1OC)C13CC4CC(CC(C4)(C1)c1cc(OC)c(c(OC)c1)OCC#CC#CCOc1c(OC)cc(cc1OC)C14CC5CC(CC2(C5)C1)C4)C3. The first-order chi connectivity index (χ1) is 55.6. The molecule has 22 aliphatic rings. The smallest absolute Gasteiger partial charge is 0.204 e. The van der Waals surface area contributed by atoms with Crippen LogP contribution in [-0.4, -0.2) is 125 Å². The lowest BCUT2D eigenvalue weighted by Gasteiger charge is -2.63. The number of fused-ring (bicyclic) bond motifs is 2. The van der Waals surface area contributed by atoms with Crippen molar-refractivity contribution in [2.45, 2.75) is 148 Å². The van der Waals surface area contributed by atoms with E-state index in [-0.39, 0.29) is 72.1 Å². The first-order valence-corrected chi connectivity index (χ1v) is 39.8. The molecule has 0 aromatic heterocycles. The Hall–Kier alpha value is -10.9. The number of hydrogen-bond acceptors (Lipinski definition) is 18. The van der Waals surface area contributed by atoms with Gasteiger partial charge in [0.1, 0.15) is 39.6 Å². The second-order valence-corrected chi connectivity index (χ2v) is 33.4. The molecule has 12 fully saturated rings. The highest BCUT2D eigenvalue weighted by molar-refractivity contribution is 5.63. The summed E-state index contributed by atoms with van der Waals surface area (Å²) in [7, 11) is 20.0. The first-order valence-electron chi connectivity index (χ1n) is 39.8. The Morgan fingerprint density at radius 2 is 0.333 bits per heavy atom. The van der Waals surface area contributed by atoms with E-state index in [4.69, 9.17) is 85.3 Å². The van der Waals surface area contributed by atoms with Crippen LogP contribution in [0.3, 0.4) is 0 Å². The molecule has 0 N–H and O–H groups in total. The topological polar surface area (TPSA) is 166 Å². The minimum atomic E-state index is -0.142. The maximum Gasteiger partial charge on any atom is 0.204 e. The fraction of sp³-hybridized carbons (Fsp3) is 0.500. The molecule has 12 aliphatic carbocycles. The van der Waals surface area contributed by atoms with Crippen molar-refractivity contribution in [1.29, 1.82) is 0 Å². The lowest BCUT2D eigenvalue weighted by atomic mass is 9.41. The van der Waals surface area contributed by atoms with Crippen LogP contribution >= 0.6 is 0 Å². The Balaban J connectivity index is 0.684. The van der Waals surface area contributed by atoms with Crippen LogP contribution in [0.4, 0.5) is 0 Å². The highest BCUT2D eigenvalue weighted by Gasteiger charge is 2.62. The van der Waals surface area contributed by atoms with Crippen molar-refractivity contribution >= 4 is 0 Å². The van der Waals surface area contributed by atoms with E-state index in [0.29, 0.717) is 139 Å². The van der Waals surface area contributed by atoms with Crippen LogP contribution in [-0.2, 0) is 32.5 Å². The monoisotopic (exact) mass is 1540 g/mol. The van der Waals surface area contributed by atoms with Gasteiger partial charge < -0.3 is 85.3 Å². The number of ether oxygens (including phenoxy) is 18. The molecule has 6 aromatic rings. The molecule has 12 saturated carbocycles. The standard InChI is InChI=1S/C96H102O18/c1-97-73-34-67-35-74(98-2)85(73)109-25-19-13-14-20-26-110-87-77(101-5)38-69(39-78(87)102-6)93-50-63-32-64(51-93)53-94(52-63,59-93)70-40-79(103-7)89(80(41-70)104-8)113-29-23-17-18-24-30-114-90-83(107-11)44-72(45-84(90)108-12)96-56-65-33-66(57-96)55-95(54-65,60-96)71-42-81(105-9)88(82(43-71)106-10)112-28-22-16-15-21-27-111-86-75(99-3)36-68(37-76(86)100-4)92-48-61-31-62(49-92)47-91(67,46-61)58-92/h34-45,61-66H,25-33,46-60H2,1-12H3. The minimum Gasteiger partial charge on any atom is -0.493 e. The molecule has 0 unspecified atom stereocenters. The molecular weight excluding hydrogens is 1440 g/mol. The zero-order valence-corrected chi connectivity index (χ0v) is 67.7. The van der Waals surface area contributed by atoms with Crippen molar-refractivity contribution in [2.24, 2.45) is 35.5 Å². The maximum atomic E-state index is 6.38. The van der Waals surface area contributed by atoms with Crippen LogP contribution < -0.4 is 85.3 Å². The van der Waals surface area contributed by atoms with E-state index in [1.54, 1.807) is 85.3 Å². The molecule has 594 valence electrons. The third-order valence-corrected chi connectivity index (χ3v) is 27.1. The highest BCUT2D eigenvalue weighted by Crippen LogP contribution is 2.71. The summed E-state index contributed by atoms with van der Waals surface area (Å²) in [5.41, 5.74) is 6.23. The van der Waals surface area contributed by atoms with E-state index in [1.165, 1.54) is 52.6 Å². The van der Waals surface area contributed by atoms with Gasteiger partial charge in [-0.25, -0.2) is 0 Å². The Morgan fingerprint density at radius 1 is 0.211 bits per heavy atom. The first kappa shape index (κ1) is 77.0. The van der Waals surface area contributed by atoms with Gasteiger partial charge in [0.2, 0.25) is 34.5 Å². The summed E-state index contributed by atoms with van der Waals surface area (Å²) in [6, 6.07) is 25.8. The molecule has 6 spiro atoms. The normalized spacial score (nSPS) is 28.3. The Kier molecular flexibility index (Phi) is 21.5. The van der Waals surface area contributed by atoms with Crippen LogP contribution in [0.2, 0.25) is 0 Å². The molecule has 18 heteroatoms. The molecule has 0 radical (unpaired) electrons. The van der Waals surface area contributed by atoms with Crippen LogP contribution in [0.1, 0.15) is 149 Å². The summed E-state index contributed by atoms with van der Waals surface area (Å²) in [4.78, 5) is 0. The second kappa shape index (κ2) is 31.8. The molecule has 0 atom stereocenters. The number of rotatable bonds is 12. The zero-order chi connectivity index (χ0) is 79.0. The third kappa shape index (κ3) is 14.1. The molecule has 10 aliphatic heterocycles. The van der Waals surface area contributed by atoms with Crippen molar-refractivity contribution in [3.63, 3.8) is 0 Å².